The predicted molar refractivity (Wildman–Crippen MR) is 46.7 cm³/mol. The first-order valence-electron chi connectivity index (χ1n) is 3.56. The zero-order valence-corrected chi connectivity index (χ0v) is 6.87. The lowest BCUT2D eigenvalue weighted by atomic mass is 10.2. The first kappa shape index (κ1) is 8.83. The third-order valence-electron chi connectivity index (χ3n) is 1.62. The van der Waals surface area contributed by atoms with Crippen molar-refractivity contribution < 1.29 is 9.84 Å². The molecule has 0 fully saturated rings. The van der Waals surface area contributed by atoms with E-state index in [-0.39, 0.29) is 6.61 Å². The van der Waals surface area contributed by atoms with Crippen molar-refractivity contribution in [3.05, 3.63) is 23.8 Å². The van der Waals surface area contributed by atoms with Crippen LogP contribution in [0.4, 0.5) is 5.69 Å². The van der Waals surface area contributed by atoms with Crippen LogP contribution in [-0.2, 0) is 6.61 Å². The van der Waals surface area contributed by atoms with Crippen molar-refractivity contribution in [2.45, 2.75) is 6.61 Å². The van der Waals surface area contributed by atoms with Crippen LogP contribution in [0, 0.1) is 0 Å². The van der Waals surface area contributed by atoms with E-state index in [0.29, 0.717) is 11.3 Å². The second-order valence-corrected chi connectivity index (χ2v) is 2.33. The van der Waals surface area contributed by atoms with Crippen LogP contribution in [-0.4, -0.2) is 12.2 Å². The van der Waals surface area contributed by atoms with Gasteiger partial charge in [-0.25, -0.2) is 0 Å². The highest BCUT2D eigenvalue weighted by atomic mass is 16.5. The topological polar surface area (TPSA) is 67.5 Å². The maximum atomic E-state index is 8.92. The van der Waals surface area contributed by atoms with Crippen molar-refractivity contribution >= 4 is 5.69 Å². The van der Waals surface area contributed by atoms with Crippen LogP contribution in [0.5, 0.6) is 5.75 Å². The third kappa shape index (κ3) is 1.66. The monoisotopic (exact) mass is 168 g/mol. The normalized spacial score (nSPS) is 9.58. The standard InChI is InChI=1S/C8H12N2O2/c1-12-8-3-2-7(10-9)4-6(8)5-11/h2-4,10-11H,5,9H2,1H3. The molecular formula is C8H12N2O2. The second-order valence-electron chi connectivity index (χ2n) is 2.33. The van der Waals surface area contributed by atoms with E-state index >= 15 is 0 Å². The smallest absolute Gasteiger partial charge is 0.124 e. The Morgan fingerprint density at radius 2 is 2.33 bits per heavy atom. The highest BCUT2D eigenvalue weighted by Gasteiger charge is 2.01. The molecule has 0 heterocycles. The molecule has 4 nitrogen and oxygen atoms in total. The first-order chi connectivity index (χ1) is 5.81. The van der Waals surface area contributed by atoms with Gasteiger partial charge >= 0.3 is 0 Å². The Hall–Kier alpha value is -1.26. The molecule has 0 bridgehead atoms. The summed E-state index contributed by atoms with van der Waals surface area (Å²) in [6.45, 7) is -0.0569. The maximum Gasteiger partial charge on any atom is 0.124 e. The number of rotatable bonds is 3. The van der Waals surface area contributed by atoms with Gasteiger partial charge < -0.3 is 15.3 Å². The fourth-order valence-corrected chi connectivity index (χ4v) is 0.992. The second kappa shape index (κ2) is 3.94. The fraction of sp³-hybridized carbons (Fsp3) is 0.250. The summed E-state index contributed by atoms with van der Waals surface area (Å²) in [6.07, 6.45) is 0. The van der Waals surface area contributed by atoms with Gasteiger partial charge in [-0.3, -0.25) is 5.84 Å². The number of anilines is 1. The average Bonchev–Trinajstić information content (AvgIpc) is 2.16. The summed E-state index contributed by atoms with van der Waals surface area (Å²) in [5.41, 5.74) is 3.95. The molecule has 0 unspecified atom stereocenters. The molecular weight excluding hydrogens is 156 g/mol. The van der Waals surface area contributed by atoms with Crippen molar-refractivity contribution in [2.75, 3.05) is 12.5 Å². The average molecular weight is 168 g/mol. The molecule has 0 spiro atoms. The van der Waals surface area contributed by atoms with Crippen LogP contribution in [0.15, 0.2) is 18.2 Å². The van der Waals surface area contributed by atoms with Gasteiger partial charge in [0.25, 0.3) is 0 Å². The Balaban J connectivity index is 3.02. The Morgan fingerprint density at radius 1 is 1.58 bits per heavy atom. The number of hydrogen-bond acceptors (Lipinski definition) is 4. The lowest BCUT2D eigenvalue weighted by molar-refractivity contribution is 0.274. The van der Waals surface area contributed by atoms with Crippen LogP contribution in [0.3, 0.4) is 0 Å². The van der Waals surface area contributed by atoms with Crippen LogP contribution in [0.2, 0.25) is 0 Å². The van der Waals surface area contributed by atoms with E-state index in [4.69, 9.17) is 15.7 Å². The number of aliphatic hydroxyl groups is 1. The van der Waals surface area contributed by atoms with Crippen molar-refractivity contribution in [1.29, 1.82) is 0 Å². The van der Waals surface area contributed by atoms with Crippen LogP contribution in [0.25, 0.3) is 0 Å². The highest BCUT2D eigenvalue weighted by Crippen LogP contribution is 2.21. The van der Waals surface area contributed by atoms with Gasteiger partial charge in [-0.1, -0.05) is 0 Å². The molecule has 0 saturated heterocycles. The summed E-state index contributed by atoms with van der Waals surface area (Å²) in [7, 11) is 1.56. The molecule has 66 valence electrons. The molecule has 0 amide bonds. The number of methoxy groups -OCH3 is 1. The molecule has 0 saturated carbocycles. The summed E-state index contributed by atoms with van der Waals surface area (Å²) in [5, 5.41) is 8.92. The van der Waals surface area contributed by atoms with Crippen molar-refractivity contribution in [3.8, 4) is 5.75 Å². The van der Waals surface area contributed by atoms with E-state index in [2.05, 4.69) is 5.43 Å². The molecule has 1 rings (SSSR count). The van der Waals surface area contributed by atoms with Gasteiger partial charge in [-0.15, -0.1) is 0 Å². The molecule has 0 aliphatic carbocycles. The van der Waals surface area contributed by atoms with Gasteiger partial charge in [0.15, 0.2) is 0 Å². The van der Waals surface area contributed by atoms with E-state index in [1.807, 2.05) is 0 Å². The number of nitrogen functional groups attached to an aromatic ring is 1. The summed E-state index contributed by atoms with van der Waals surface area (Å²) < 4.78 is 5.01. The van der Waals surface area contributed by atoms with Gasteiger partial charge in [-0.2, -0.15) is 0 Å². The van der Waals surface area contributed by atoms with Crippen molar-refractivity contribution in [3.63, 3.8) is 0 Å². The maximum absolute atomic E-state index is 8.92. The molecule has 0 atom stereocenters. The van der Waals surface area contributed by atoms with E-state index in [0.717, 1.165) is 5.69 Å². The molecule has 4 N–H and O–H groups in total. The predicted octanol–water partition coefficient (Wildman–Crippen LogP) is 0.473. The minimum atomic E-state index is -0.0569. The van der Waals surface area contributed by atoms with Crippen LogP contribution < -0.4 is 16.0 Å². The van der Waals surface area contributed by atoms with Gasteiger partial charge in [0.2, 0.25) is 0 Å². The lowest BCUT2D eigenvalue weighted by Crippen LogP contribution is -2.07. The minimum Gasteiger partial charge on any atom is -0.496 e. The molecule has 0 aliphatic rings. The number of ether oxygens (including phenoxy) is 1. The number of hydrogen-bond donors (Lipinski definition) is 3. The number of aliphatic hydroxyl groups excluding tert-OH is 1. The van der Waals surface area contributed by atoms with Crippen molar-refractivity contribution in [2.24, 2.45) is 5.84 Å². The number of nitrogens with one attached hydrogen (secondary N) is 1. The molecule has 0 radical (unpaired) electrons. The summed E-state index contributed by atoms with van der Waals surface area (Å²) in [6, 6.07) is 5.26. The lowest BCUT2D eigenvalue weighted by Gasteiger charge is -2.07. The molecule has 0 aromatic heterocycles. The molecule has 4 heteroatoms. The van der Waals surface area contributed by atoms with Gasteiger partial charge in [0.05, 0.1) is 13.7 Å². The molecule has 12 heavy (non-hydrogen) atoms. The Bertz CT molecular complexity index is 263. The first-order valence-corrected chi connectivity index (χ1v) is 3.56. The highest BCUT2D eigenvalue weighted by molar-refractivity contribution is 5.50. The largest absolute Gasteiger partial charge is 0.496 e. The quantitative estimate of drug-likeness (QED) is 0.453. The number of benzene rings is 1. The SMILES string of the molecule is COc1ccc(NN)cc1CO. The Morgan fingerprint density at radius 3 is 2.83 bits per heavy atom. The summed E-state index contributed by atoms with van der Waals surface area (Å²) in [5.74, 6) is 5.86. The van der Waals surface area contributed by atoms with Crippen molar-refractivity contribution in [1.82, 2.24) is 0 Å². The number of nitrogens with two attached hydrogens (primary N) is 1. The van der Waals surface area contributed by atoms with Gasteiger partial charge in [-0.05, 0) is 18.2 Å². The van der Waals surface area contributed by atoms with Crippen LogP contribution in [0.1, 0.15) is 5.56 Å². The summed E-state index contributed by atoms with van der Waals surface area (Å²) >= 11 is 0. The molecule has 1 aromatic carbocycles. The minimum absolute atomic E-state index is 0.0569. The van der Waals surface area contributed by atoms with E-state index in [1.165, 1.54) is 0 Å². The van der Waals surface area contributed by atoms with E-state index < -0.39 is 0 Å². The third-order valence-corrected chi connectivity index (χ3v) is 1.62. The zero-order valence-electron chi connectivity index (χ0n) is 6.87. The Kier molecular flexibility index (Phi) is 2.90. The zero-order chi connectivity index (χ0) is 8.97. The van der Waals surface area contributed by atoms with E-state index in [9.17, 15) is 0 Å². The summed E-state index contributed by atoms with van der Waals surface area (Å²) in [4.78, 5) is 0. The molecule has 0 aliphatic heterocycles. The van der Waals surface area contributed by atoms with Crippen LogP contribution >= 0.6 is 0 Å². The number of hydrazine groups is 1. The Labute approximate surface area is 70.9 Å². The van der Waals surface area contributed by atoms with Gasteiger partial charge in [0, 0.05) is 11.3 Å². The van der Waals surface area contributed by atoms with E-state index in [1.54, 1.807) is 25.3 Å². The van der Waals surface area contributed by atoms with Gasteiger partial charge in [0.1, 0.15) is 5.75 Å². The fourth-order valence-electron chi connectivity index (χ4n) is 0.992. The molecule has 1 aromatic rings.